The molecule has 166 valence electrons. The van der Waals surface area contributed by atoms with E-state index in [2.05, 4.69) is 15.5 Å². The van der Waals surface area contributed by atoms with E-state index in [1.807, 2.05) is 14.1 Å². The van der Waals surface area contributed by atoms with Gasteiger partial charge in [0.2, 0.25) is 0 Å². The summed E-state index contributed by atoms with van der Waals surface area (Å²) in [5.41, 5.74) is 1.01. The fourth-order valence-electron chi connectivity index (χ4n) is 2.80. The Bertz CT molecular complexity index is 927. The van der Waals surface area contributed by atoms with E-state index in [4.69, 9.17) is 12.2 Å². The Morgan fingerprint density at radius 2 is 1.61 bits per heavy atom. The average Bonchev–Trinajstić information content (AvgIpc) is 2.70. The minimum atomic E-state index is -1.65. The number of Topliss-reactive ketones (excluding diaryl/α,β-unsaturated/α-hetero) is 1. The lowest BCUT2D eigenvalue weighted by molar-refractivity contribution is -0.118. The van der Waals surface area contributed by atoms with Crippen molar-refractivity contribution in [2.75, 3.05) is 26.0 Å². The number of hydrogen-bond donors (Lipinski definition) is 2. The molecule has 2 N–H and O–H groups in total. The second kappa shape index (κ2) is 11.6. The molecule has 0 aliphatic carbocycles. The molecular formula is C22H24F3N3O2S. The number of carbonyl (C=O) groups excluding carboxylic acids is 2. The Labute approximate surface area is 184 Å². The van der Waals surface area contributed by atoms with Gasteiger partial charge in [-0.3, -0.25) is 14.9 Å². The van der Waals surface area contributed by atoms with Crippen LogP contribution in [0.4, 0.5) is 18.9 Å². The molecule has 0 aromatic heterocycles. The molecule has 5 nitrogen and oxygen atoms in total. The van der Waals surface area contributed by atoms with E-state index < -0.39 is 28.9 Å². The molecule has 0 aliphatic rings. The van der Waals surface area contributed by atoms with Crippen molar-refractivity contribution in [3.05, 3.63) is 65.0 Å². The minimum Gasteiger partial charge on any atom is -0.332 e. The van der Waals surface area contributed by atoms with Gasteiger partial charge in [-0.15, -0.1) is 0 Å². The number of hydrogen-bond acceptors (Lipinski definition) is 4. The smallest absolute Gasteiger partial charge is 0.257 e. The van der Waals surface area contributed by atoms with E-state index in [0.29, 0.717) is 30.7 Å². The first-order chi connectivity index (χ1) is 14.7. The number of nitrogens with one attached hydrogen (secondary N) is 2. The van der Waals surface area contributed by atoms with Crippen LogP contribution in [0.5, 0.6) is 0 Å². The van der Waals surface area contributed by atoms with Crippen LogP contribution in [0.25, 0.3) is 0 Å². The first-order valence-corrected chi connectivity index (χ1v) is 10.1. The lowest BCUT2D eigenvalue weighted by Gasteiger charge is -2.11. The summed E-state index contributed by atoms with van der Waals surface area (Å²) in [6.07, 6.45) is 2.70. The molecule has 0 heterocycles. The molecule has 0 spiro atoms. The van der Waals surface area contributed by atoms with Crippen molar-refractivity contribution in [1.82, 2.24) is 10.2 Å². The van der Waals surface area contributed by atoms with Gasteiger partial charge >= 0.3 is 0 Å². The number of rotatable bonds is 9. The van der Waals surface area contributed by atoms with Crippen molar-refractivity contribution in [2.24, 2.45) is 0 Å². The van der Waals surface area contributed by atoms with Gasteiger partial charge in [-0.2, -0.15) is 0 Å². The molecule has 0 fully saturated rings. The first kappa shape index (κ1) is 24.5. The van der Waals surface area contributed by atoms with Crippen molar-refractivity contribution in [3.63, 3.8) is 0 Å². The van der Waals surface area contributed by atoms with E-state index in [0.717, 1.165) is 24.9 Å². The van der Waals surface area contributed by atoms with Gasteiger partial charge < -0.3 is 10.2 Å². The van der Waals surface area contributed by atoms with E-state index in [1.54, 1.807) is 24.3 Å². The molecule has 2 aromatic rings. The largest absolute Gasteiger partial charge is 0.332 e. The summed E-state index contributed by atoms with van der Waals surface area (Å²) in [4.78, 5) is 26.2. The zero-order valence-corrected chi connectivity index (χ0v) is 18.1. The van der Waals surface area contributed by atoms with Crippen molar-refractivity contribution >= 4 is 34.7 Å². The number of amides is 1. The van der Waals surface area contributed by atoms with Crippen LogP contribution in [0, 0.1) is 17.5 Å². The number of carbonyl (C=O) groups is 2. The maximum absolute atomic E-state index is 13.3. The van der Waals surface area contributed by atoms with E-state index in [9.17, 15) is 22.8 Å². The summed E-state index contributed by atoms with van der Waals surface area (Å²) in [6, 6.07) is 8.12. The zero-order valence-electron chi connectivity index (χ0n) is 17.3. The second-order valence-electron chi connectivity index (χ2n) is 7.33. The SMILES string of the molecule is CN(C)CCCCC(=O)Cc1ccc(NC(=S)NC(=O)c2cc(F)c(F)c(F)c2)cc1. The Morgan fingerprint density at radius 3 is 2.19 bits per heavy atom. The van der Waals surface area contributed by atoms with Crippen molar-refractivity contribution in [1.29, 1.82) is 0 Å². The van der Waals surface area contributed by atoms with Gasteiger partial charge in [0.15, 0.2) is 22.6 Å². The molecule has 0 radical (unpaired) electrons. The van der Waals surface area contributed by atoms with Gasteiger partial charge in [0, 0.05) is 24.1 Å². The molecule has 0 bridgehead atoms. The highest BCUT2D eigenvalue weighted by molar-refractivity contribution is 7.80. The molecule has 1 amide bonds. The summed E-state index contributed by atoms with van der Waals surface area (Å²) in [7, 11) is 3.99. The summed E-state index contributed by atoms with van der Waals surface area (Å²) in [5, 5.41) is 4.94. The molecular weight excluding hydrogens is 427 g/mol. The predicted molar refractivity (Wildman–Crippen MR) is 118 cm³/mol. The highest BCUT2D eigenvalue weighted by Crippen LogP contribution is 2.14. The van der Waals surface area contributed by atoms with Crippen LogP contribution >= 0.6 is 12.2 Å². The number of benzene rings is 2. The molecule has 0 saturated carbocycles. The van der Waals surface area contributed by atoms with Crippen LogP contribution in [0.3, 0.4) is 0 Å². The van der Waals surface area contributed by atoms with Crippen molar-refractivity contribution in [3.8, 4) is 0 Å². The molecule has 2 aromatic carbocycles. The van der Waals surface area contributed by atoms with Crippen molar-refractivity contribution < 1.29 is 22.8 Å². The van der Waals surface area contributed by atoms with E-state index in [-0.39, 0.29) is 10.9 Å². The number of nitrogens with zero attached hydrogens (tertiary/aromatic N) is 1. The monoisotopic (exact) mass is 451 g/mol. The maximum Gasteiger partial charge on any atom is 0.257 e. The Morgan fingerprint density at radius 1 is 1.00 bits per heavy atom. The van der Waals surface area contributed by atoms with Gasteiger partial charge in [0.05, 0.1) is 0 Å². The lowest BCUT2D eigenvalue weighted by Crippen LogP contribution is -2.34. The molecule has 9 heteroatoms. The van der Waals surface area contributed by atoms with Gasteiger partial charge in [0.1, 0.15) is 5.78 Å². The van der Waals surface area contributed by atoms with Gasteiger partial charge in [0.25, 0.3) is 5.91 Å². The lowest BCUT2D eigenvalue weighted by atomic mass is 10.0. The number of halogens is 3. The normalized spacial score (nSPS) is 10.8. The maximum atomic E-state index is 13.3. The third-order valence-electron chi connectivity index (χ3n) is 4.40. The van der Waals surface area contributed by atoms with Crippen LogP contribution in [-0.4, -0.2) is 42.3 Å². The standard InChI is InChI=1S/C22H24F3N3O2S/c1-28(2)10-4-3-5-17(29)11-14-6-8-16(9-7-14)26-22(31)27-21(30)15-12-18(23)20(25)19(24)13-15/h6-9,12-13H,3-5,10-11H2,1-2H3,(H2,26,27,30,31). The molecule has 0 saturated heterocycles. The molecule has 31 heavy (non-hydrogen) atoms. The van der Waals surface area contributed by atoms with Gasteiger partial charge in [-0.25, -0.2) is 13.2 Å². The van der Waals surface area contributed by atoms with Gasteiger partial charge in [-0.1, -0.05) is 12.1 Å². The Balaban J connectivity index is 1.83. The van der Waals surface area contributed by atoms with Crippen LogP contribution in [0.15, 0.2) is 36.4 Å². The van der Waals surface area contributed by atoms with Crippen LogP contribution < -0.4 is 10.6 Å². The van der Waals surface area contributed by atoms with Crippen LogP contribution in [-0.2, 0) is 11.2 Å². The molecule has 0 aliphatic heterocycles. The second-order valence-corrected chi connectivity index (χ2v) is 7.74. The Hall–Kier alpha value is -2.78. The number of anilines is 1. The predicted octanol–water partition coefficient (Wildman–Crippen LogP) is 4.07. The fourth-order valence-corrected chi connectivity index (χ4v) is 3.01. The average molecular weight is 452 g/mol. The summed E-state index contributed by atoms with van der Waals surface area (Å²) in [6.45, 7) is 0.954. The highest BCUT2D eigenvalue weighted by atomic mass is 32.1. The third kappa shape index (κ3) is 8.10. The minimum absolute atomic E-state index is 0.0974. The van der Waals surface area contributed by atoms with Gasteiger partial charge in [-0.05, 0) is 75.5 Å². The summed E-state index contributed by atoms with van der Waals surface area (Å²) in [5.74, 6) is -5.30. The summed E-state index contributed by atoms with van der Waals surface area (Å²) >= 11 is 5.02. The van der Waals surface area contributed by atoms with Crippen LogP contribution in [0.1, 0.15) is 35.2 Å². The topological polar surface area (TPSA) is 61.4 Å². The quantitative estimate of drug-likeness (QED) is 0.342. The number of unbranched alkanes of at least 4 members (excludes halogenated alkanes) is 1. The first-order valence-electron chi connectivity index (χ1n) is 9.68. The summed E-state index contributed by atoms with van der Waals surface area (Å²) < 4.78 is 39.5. The zero-order chi connectivity index (χ0) is 23.0. The highest BCUT2D eigenvalue weighted by Gasteiger charge is 2.16. The van der Waals surface area contributed by atoms with E-state index in [1.165, 1.54) is 0 Å². The third-order valence-corrected chi connectivity index (χ3v) is 4.60. The van der Waals surface area contributed by atoms with Crippen molar-refractivity contribution in [2.45, 2.75) is 25.7 Å². The molecule has 0 atom stereocenters. The molecule has 2 rings (SSSR count). The van der Waals surface area contributed by atoms with Crippen LogP contribution in [0.2, 0.25) is 0 Å². The molecule has 0 unspecified atom stereocenters. The Kier molecular flexibility index (Phi) is 9.14. The van der Waals surface area contributed by atoms with E-state index >= 15 is 0 Å². The number of thiocarbonyl (C=S) groups is 1. The fraction of sp³-hybridized carbons (Fsp3) is 0.318. The number of ketones is 1.